The van der Waals surface area contributed by atoms with E-state index in [2.05, 4.69) is 15.5 Å². The lowest BCUT2D eigenvalue weighted by Gasteiger charge is -2.36. The summed E-state index contributed by atoms with van der Waals surface area (Å²) < 4.78 is 7.95. The molecule has 0 bridgehead atoms. The predicted molar refractivity (Wildman–Crippen MR) is 85.4 cm³/mol. The Kier molecular flexibility index (Phi) is 3.14. The molecule has 1 unspecified atom stereocenters. The Bertz CT molecular complexity index is 749. The summed E-state index contributed by atoms with van der Waals surface area (Å²) in [5.74, 6) is 1.02. The zero-order chi connectivity index (χ0) is 16.0. The second-order valence-corrected chi connectivity index (χ2v) is 6.94. The van der Waals surface area contributed by atoms with E-state index >= 15 is 0 Å². The van der Waals surface area contributed by atoms with Crippen LogP contribution in [0.1, 0.15) is 50.6 Å². The van der Waals surface area contributed by atoms with Crippen molar-refractivity contribution in [2.75, 3.05) is 5.32 Å². The largest absolute Gasteiger partial charge is 0.488 e. The first-order valence-corrected chi connectivity index (χ1v) is 8.02. The fraction of sp³-hybridized carbons (Fsp3) is 0.471. The molecule has 1 aromatic carbocycles. The van der Waals surface area contributed by atoms with Crippen LogP contribution in [0.2, 0.25) is 0 Å². The van der Waals surface area contributed by atoms with Gasteiger partial charge < -0.3 is 4.74 Å². The fourth-order valence-electron chi connectivity index (χ4n) is 3.19. The standard InChI is InChI=1S/C17H20N4O2/c1-17(2)9-13(12-5-3-4-6-14(12)23-17)15(22)19-16-20-18-10-21(16)11-7-8-11/h3-6,10-11,13H,7-9H2,1-2H3,(H,19,20,22). The maximum atomic E-state index is 12.9. The van der Waals surface area contributed by atoms with E-state index in [1.54, 1.807) is 6.33 Å². The lowest BCUT2D eigenvalue weighted by Crippen LogP contribution is -2.39. The highest BCUT2D eigenvalue weighted by molar-refractivity contribution is 5.95. The number of carbonyl (C=O) groups excluding carboxylic acids is 1. The summed E-state index contributed by atoms with van der Waals surface area (Å²) in [6.45, 7) is 4.02. The van der Waals surface area contributed by atoms with Crippen LogP contribution in [0.5, 0.6) is 5.75 Å². The van der Waals surface area contributed by atoms with E-state index in [0.29, 0.717) is 18.4 Å². The molecule has 6 nitrogen and oxygen atoms in total. The van der Waals surface area contributed by atoms with Gasteiger partial charge in [-0.25, -0.2) is 0 Å². The van der Waals surface area contributed by atoms with Gasteiger partial charge in [0.15, 0.2) is 0 Å². The summed E-state index contributed by atoms with van der Waals surface area (Å²) in [7, 11) is 0. The third-order valence-electron chi connectivity index (χ3n) is 4.44. The Morgan fingerprint density at radius 1 is 1.35 bits per heavy atom. The molecule has 1 aliphatic carbocycles. The highest BCUT2D eigenvalue weighted by atomic mass is 16.5. The highest BCUT2D eigenvalue weighted by Gasteiger charge is 2.38. The molecule has 1 atom stereocenters. The molecule has 4 rings (SSSR count). The number of amides is 1. The molecule has 1 N–H and O–H groups in total. The Morgan fingerprint density at radius 3 is 2.91 bits per heavy atom. The molecule has 1 aromatic heterocycles. The number of hydrogen-bond acceptors (Lipinski definition) is 4. The molecule has 1 aliphatic heterocycles. The fourth-order valence-corrected chi connectivity index (χ4v) is 3.19. The molecule has 0 spiro atoms. The van der Waals surface area contributed by atoms with E-state index in [9.17, 15) is 4.79 Å². The number of benzene rings is 1. The first-order valence-electron chi connectivity index (χ1n) is 8.02. The number of ether oxygens (including phenoxy) is 1. The maximum Gasteiger partial charge on any atom is 0.234 e. The minimum absolute atomic E-state index is 0.0521. The van der Waals surface area contributed by atoms with Crippen molar-refractivity contribution >= 4 is 11.9 Å². The molecule has 120 valence electrons. The van der Waals surface area contributed by atoms with Gasteiger partial charge in [0.05, 0.1) is 5.92 Å². The molecular weight excluding hydrogens is 292 g/mol. The van der Waals surface area contributed by atoms with Crippen LogP contribution in [0.15, 0.2) is 30.6 Å². The van der Waals surface area contributed by atoms with Crippen molar-refractivity contribution in [1.82, 2.24) is 14.8 Å². The first-order chi connectivity index (χ1) is 11.0. The topological polar surface area (TPSA) is 69.0 Å². The molecule has 2 heterocycles. The molecule has 2 aliphatic rings. The van der Waals surface area contributed by atoms with Crippen LogP contribution in [-0.4, -0.2) is 26.3 Å². The molecule has 6 heteroatoms. The summed E-state index contributed by atoms with van der Waals surface area (Å²) in [5, 5.41) is 10.9. The van der Waals surface area contributed by atoms with E-state index in [0.717, 1.165) is 24.2 Å². The SMILES string of the molecule is CC1(C)CC(C(=O)Nc2nncn2C2CC2)c2ccccc2O1. The number of fused-ring (bicyclic) bond motifs is 1. The quantitative estimate of drug-likeness (QED) is 0.946. The second-order valence-electron chi connectivity index (χ2n) is 6.94. The number of rotatable bonds is 3. The van der Waals surface area contributed by atoms with Crippen molar-refractivity contribution in [3.05, 3.63) is 36.2 Å². The van der Waals surface area contributed by atoms with Gasteiger partial charge in [0.2, 0.25) is 11.9 Å². The van der Waals surface area contributed by atoms with Crippen LogP contribution in [0.4, 0.5) is 5.95 Å². The van der Waals surface area contributed by atoms with Gasteiger partial charge in [0.25, 0.3) is 0 Å². The van der Waals surface area contributed by atoms with Gasteiger partial charge in [0.1, 0.15) is 17.7 Å². The van der Waals surface area contributed by atoms with Gasteiger partial charge in [-0.1, -0.05) is 18.2 Å². The van der Waals surface area contributed by atoms with Crippen molar-refractivity contribution < 1.29 is 9.53 Å². The van der Waals surface area contributed by atoms with Crippen LogP contribution in [-0.2, 0) is 4.79 Å². The van der Waals surface area contributed by atoms with Crippen LogP contribution in [0.25, 0.3) is 0 Å². The molecule has 0 saturated heterocycles. The number of aromatic nitrogens is 3. The summed E-state index contributed by atoms with van der Waals surface area (Å²) in [6.07, 6.45) is 4.56. The minimum atomic E-state index is -0.374. The van der Waals surface area contributed by atoms with Crippen LogP contribution >= 0.6 is 0 Å². The molecule has 1 amide bonds. The lowest BCUT2D eigenvalue weighted by molar-refractivity contribution is -0.119. The smallest absolute Gasteiger partial charge is 0.234 e. The monoisotopic (exact) mass is 312 g/mol. The van der Waals surface area contributed by atoms with E-state index in [1.165, 1.54) is 0 Å². The zero-order valence-corrected chi connectivity index (χ0v) is 13.3. The third kappa shape index (κ3) is 2.69. The van der Waals surface area contributed by atoms with Crippen LogP contribution in [0.3, 0.4) is 0 Å². The van der Waals surface area contributed by atoms with Crippen molar-refractivity contribution in [2.24, 2.45) is 0 Å². The number of para-hydroxylation sites is 1. The second kappa shape index (κ2) is 5.08. The van der Waals surface area contributed by atoms with Crippen LogP contribution in [0, 0.1) is 0 Å². The van der Waals surface area contributed by atoms with Gasteiger partial charge in [-0.2, -0.15) is 0 Å². The normalized spacial score (nSPS) is 22.1. The van der Waals surface area contributed by atoms with Gasteiger partial charge in [-0.3, -0.25) is 14.7 Å². The van der Waals surface area contributed by atoms with Gasteiger partial charge in [-0.05, 0) is 32.8 Å². The lowest BCUT2D eigenvalue weighted by atomic mass is 9.84. The van der Waals surface area contributed by atoms with Gasteiger partial charge in [0, 0.05) is 18.0 Å². The molecular formula is C17H20N4O2. The first kappa shape index (κ1) is 14.2. The number of carbonyl (C=O) groups is 1. The summed E-state index contributed by atoms with van der Waals surface area (Å²) >= 11 is 0. The predicted octanol–water partition coefficient (Wildman–Crippen LogP) is 2.90. The maximum absolute atomic E-state index is 12.9. The molecule has 23 heavy (non-hydrogen) atoms. The van der Waals surface area contributed by atoms with Crippen LogP contribution < -0.4 is 10.1 Å². The molecule has 1 saturated carbocycles. The number of nitrogens with one attached hydrogen (secondary N) is 1. The van der Waals surface area contributed by atoms with Crippen molar-refractivity contribution in [1.29, 1.82) is 0 Å². The van der Waals surface area contributed by atoms with Crippen molar-refractivity contribution in [3.8, 4) is 5.75 Å². The van der Waals surface area contributed by atoms with E-state index in [1.807, 2.05) is 42.7 Å². The average molecular weight is 312 g/mol. The summed E-state index contributed by atoms with van der Waals surface area (Å²) in [5.41, 5.74) is 0.558. The molecule has 2 aromatic rings. The van der Waals surface area contributed by atoms with E-state index in [4.69, 9.17) is 4.74 Å². The minimum Gasteiger partial charge on any atom is -0.488 e. The number of hydrogen-bond donors (Lipinski definition) is 1. The van der Waals surface area contributed by atoms with E-state index < -0.39 is 0 Å². The molecule has 0 radical (unpaired) electrons. The highest BCUT2D eigenvalue weighted by Crippen LogP contribution is 2.41. The Labute approximate surface area is 134 Å². The van der Waals surface area contributed by atoms with Gasteiger partial charge >= 0.3 is 0 Å². The van der Waals surface area contributed by atoms with Crippen molar-refractivity contribution in [2.45, 2.75) is 50.7 Å². The zero-order valence-electron chi connectivity index (χ0n) is 13.3. The van der Waals surface area contributed by atoms with Crippen molar-refractivity contribution in [3.63, 3.8) is 0 Å². The summed E-state index contributed by atoms with van der Waals surface area (Å²) in [4.78, 5) is 12.9. The Hall–Kier alpha value is -2.37. The number of anilines is 1. The third-order valence-corrected chi connectivity index (χ3v) is 4.44. The molecule has 1 fully saturated rings. The average Bonchev–Trinajstić information content (AvgIpc) is 3.25. The van der Waals surface area contributed by atoms with Gasteiger partial charge in [-0.15, -0.1) is 10.2 Å². The summed E-state index contributed by atoms with van der Waals surface area (Å²) in [6, 6.07) is 8.18. The van der Waals surface area contributed by atoms with E-state index in [-0.39, 0.29) is 17.4 Å². The Morgan fingerprint density at radius 2 is 2.13 bits per heavy atom. The Balaban J connectivity index is 1.61. The number of nitrogens with zero attached hydrogens (tertiary/aromatic N) is 3.